The number of nitrogens with zero attached hydrogens (tertiary/aromatic N) is 2. The molecule has 18 heavy (non-hydrogen) atoms. The summed E-state index contributed by atoms with van der Waals surface area (Å²) in [5.41, 5.74) is 1.06. The van der Waals surface area contributed by atoms with Crippen molar-refractivity contribution in [2.75, 3.05) is 25.1 Å². The Kier molecular flexibility index (Phi) is 4.19. The van der Waals surface area contributed by atoms with E-state index in [1.54, 1.807) is 4.68 Å². The Hall–Kier alpha value is -1.56. The average molecular weight is 252 g/mol. The van der Waals surface area contributed by atoms with Crippen LogP contribution in [0.5, 0.6) is 0 Å². The highest BCUT2D eigenvalue weighted by Gasteiger charge is 2.15. The lowest BCUT2D eigenvalue weighted by atomic mass is 10.1. The third kappa shape index (κ3) is 3.46. The molecule has 1 saturated heterocycles. The summed E-state index contributed by atoms with van der Waals surface area (Å²) in [4.78, 5) is 11.7. The fourth-order valence-corrected chi connectivity index (χ4v) is 1.94. The van der Waals surface area contributed by atoms with Crippen LogP contribution in [0.15, 0.2) is 6.07 Å². The lowest BCUT2D eigenvalue weighted by Gasteiger charge is -2.23. The minimum absolute atomic E-state index is 0.00482. The highest BCUT2D eigenvalue weighted by atomic mass is 16.5. The minimum Gasteiger partial charge on any atom is -0.381 e. The molecule has 0 spiro atoms. The van der Waals surface area contributed by atoms with Crippen molar-refractivity contribution < 1.29 is 9.53 Å². The molecule has 1 fully saturated rings. The fraction of sp³-hybridized carbons (Fsp3) is 0.667. The summed E-state index contributed by atoms with van der Waals surface area (Å²) in [6.45, 7) is 3.70. The molecule has 1 aromatic rings. The van der Waals surface area contributed by atoms with Crippen LogP contribution in [0.1, 0.15) is 18.5 Å². The van der Waals surface area contributed by atoms with Crippen LogP contribution in [0, 0.1) is 6.92 Å². The third-order valence-corrected chi connectivity index (χ3v) is 3.13. The molecule has 2 heterocycles. The van der Waals surface area contributed by atoms with Gasteiger partial charge in [0.15, 0.2) is 0 Å². The maximum Gasteiger partial charge on any atom is 0.239 e. The van der Waals surface area contributed by atoms with E-state index in [2.05, 4.69) is 15.7 Å². The summed E-state index contributed by atoms with van der Waals surface area (Å²) < 4.78 is 7.02. The number of aryl methyl sites for hydroxylation is 2. The van der Waals surface area contributed by atoms with E-state index in [9.17, 15) is 4.79 Å². The van der Waals surface area contributed by atoms with Crippen molar-refractivity contribution in [2.45, 2.75) is 25.8 Å². The van der Waals surface area contributed by atoms with Gasteiger partial charge >= 0.3 is 0 Å². The number of hydrogen-bond acceptors (Lipinski definition) is 4. The van der Waals surface area contributed by atoms with E-state index >= 15 is 0 Å². The normalized spacial score (nSPS) is 16.6. The van der Waals surface area contributed by atoms with Crippen molar-refractivity contribution in [3.05, 3.63) is 11.8 Å². The Labute approximate surface area is 107 Å². The zero-order chi connectivity index (χ0) is 13.0. The molecular formula is C12H20N4O2. The van der Waals surface area contributed by atoms with Gasteiger partial charge in [-0.15, -0.1) is 0 Å². The second-order valence-corrected chi connectivity index (χ2v) is 4.60. The third-order valence-electron chi connectivity index (χ3n) is 3.13. The predicted octanol–water partition coefficient (Wildman–Crippen LogP) is 0.436. The number of ether oxygens (including phenoxy) is 1. The molecule has 0 aromatic carbocycles. The van der Waals surface area contributed by atoms with Gasteiger partial charge in [-0.25, -0.2) is 0 Å². The van der Waals surface area contributed by atoms with Gasteiger partial charge in [0.05, 0.1) is 6.54 Å². The van der Waals surface area contributed by atoms with Crippen LogP contribution >= 0.6 is 0 Å². The highest BCUT2D eigenvalue weighted by Crippen LogP contribution is 2.07. The van der Waals surface area contributed by atoms with E-state index in [-0.39, 0.29) is 18.5 Å². The summed E-state index contributed by atoms with van der Waals surface area (Å²) in [6, 6.07) is 2.17. The zero-order valence-electron chi connectivity index (χ0n) is 10.9. The molecule has 0 radical (unpaired) electrons. The van der Waals surface area contributed by atoms with Gasteiger partial charge in [0.2, 0.25) is 5.91 Å². The van der Waals surface area contributed by atoms with E-state index in [0.717, 1.165) is 37.6 Å². The van der Waals surface area contributed by atoms with Gasteiger partial charge in [-0.05, 0) is 19.8 Å². The van der Waals surface area contributed by atoms with Crippen LogP contribution in [0.4, 0.5) is 5.82 Å². The molecule has 2 rings (SSSR count). The maximum absolute atomic E-state index is 11.7. The standard InChI is InChI=1S/C12H20N4O2/c1-9-7-11(15-16(9)2)13-8-12(17)14-10-3-5-18-6-4-10/h7,10H,3-6,8H2,1-2H3,(H,13,15)(H,14,17). The number of carbonyl (C=O) groups excluding carboxylic acids is 1. The number of hydrogen-bond donors (Lipinski definition) is 2. The van der Waals surface area contributed by atoms with Gasteiger partial charge < -0.3 is 15.4 Å². The number of anilines is 1. The molecule has 0 bridgehead atoms. The van der Waals surface area contributed by atoms with Crippen molar-refractivity contribution in [1.82, 2.24) is 15.1 Å². The summed E-state index contributed by atoms with van der Waals surface area (Å²) in [5.74, 6) is 0.738. The van der Waals surface area contributed by atoms with Crippen molar-refractivity contribution in [3.63, 3.8) is 0 Å². The van der Waals surface area contributed by atoms with E-state index < -0.39 is 0 Å². The van der Waals surface area contributed by atoms with E-state index in [1.165, 1.54) is 0 Å². The highest BCUT2D eigenvalue weighted by molar-refractivity contribution is 5.80. The Morgan fingerprint density at radius 2 is 2.28 bits per heavy atom. The number of carbonyl (C=O) groups is 1. The lowest BCUT2D eigenvalue weighted by Crippen LogP contribution is -2.41. The van der Waals surface area contributed by atoms with E-state index in [4.69, 9.17) is 4.74 Å². The average Bonchev–Trinajstić information content (AvgIpc) is 2.68. The van der Waals surface area contributed by atoms with Gasteiger partial charge in [-0.3, -0.25) is 9.48 Å². The Balaban J connectivity index is 1.74. The van der Waals surface area contributed by atoms with Crippen molar-refractivity contribution in [3.8, 4) is 0 Å². The maximum atomic E-state index is 11.7. The van der Waals surface area contributed by atoms with Crippen LogP contribution in [-0.2, 0) is 16.6 Å². The molecule has 100 valence electrons. The molecule has 0 saturated carbocycles. The second-order valence-electron chi connectivity index (χ2n) is 4.60. The predicted molar refractivity (Wildman–Crippen MR) is 68.4 cm³/mol. The molecule has 6 nitrogen and oxygen atoms in total. The van der Waals surface area contributed by atoms with Gasteiger partial charge in [0.25, 0.3) is 0 Å². The van der Waals surface area contributed by atoms with Gasteiger partial charge in [-0.2, -0.15) is 5.10 Å². The van der Waals surface area contributed by atoms with Gasteiger partial charge in [0, 0.05) is 38.1 Å². The van der Waals surface area contributed by atoms with Crippen LogP contribution in [0.25, 0.3) is 0 Å². The molecule has 0 unspecified atom stereocenters. The SMILES string of the molecule is Cc1cc(NCC(=O)NC2CCOCC2)nn1C. The first kappa shape index (κ1) is 12.9. The molecule has 2 N–H and O–H groups in total. The molecule has 1 aliphatic rings. The molecule has 1 aromatic heterocycles. The topological polar surface area (TPSA) is 68.2 Å². The van der Waals surface area contributed by atoms with Crippen molar-refractivity contribution in [1.29, 1.82) is 0 Å². The second kappa shape index (κ2) is 5.86. The molecule has 1 amide bonds. The summed E-state index contributed by atoms with van der Waals surface area (Å²) in [5, 5.41) is 10.2. The van der Waals surface area contributed by atoms with Crippen LogP contribution in [-0.4, -0.2) is 41.5 Å². The quantitative estimate of drug-likeness (QED) is 0.815. The number of amides is 1. The summed E-state index contributed by atoms with van der Waals surface area (Å²) >= 11 is 0. The first-order valence-electron chi connectivity index (χ1n) is 6.27. The summed E-state index contributed by atoms with van der Waals surface area (Å²) in [7, 11) is 1.88. The zero-order valence-corrected chi connectivity index (χ0v) is 10.9. The van der Waals surface area contributed by atoms with Gasteiger partial charge in [0.1, 0.15) is 5.82 Å². The first-order valence-corrected chi connectivity index (χ1v) is 6.27. The van der Waals surface area contributed by atoms with Crippen molar-refractivity contribution >= 4 is 11.7 Å². The largest absolute Gasteiger partial charge is 0.381 e. The smallest absolute Gasteiger partial charge is 0.239 e. The van der Waals surface area contributed by atoms with Crippen molar-refractivity contribution in [2.24, 2.45) is 7.05 Å². The van der Waals surface area contributed by atoms with E-state index in [1.807, 2.05) is 20.0 Å². The van der Waals surface area contributed by atoms with Crippen LogP contribution in [0.2, 0.25) is 0 Å². The molecule has 6 heteroatoms. The molecular weight excluding hydrogens is 232 g/mol. The first-order chi connectivity index (χ1) is 8.65. The van der Waals surface area contributed by atoms with Gasteiger partial charge in [-0.1, -0.05) is 0 Å². The minimum atomic E-state index is 0.00482. The summed E-state index contributed by atoms with van der Waals surface area (Å²) in [6.07, 6.45) is 1.79. The van der Waals surface area contributed by atoms with Crippen LogP contribution in [0.3, 0.4) is 0 Å². The molecule has 0 aliphatic carbocycles. The fourth-order valence-electron chi connectivity index (χ4n) is 1.94. The number of aromatic nitrogens is 2. The monoisotopic (exact) mass is 252 g/mol. The Bertz CT molecular complexity index is 391. The Morgan fingerprint density at radius 3 is 2.89 bits per heavy atom. The molecule has 1 aliphatic heterocycles. The molecule has 0 atom stereocenters. The lowest BCUT2D eigenvalue weighted by molar-refractivity contribution is -0.120. The van der Waals surface area contributed by atoms with Crippen LogP contribution < -0.4 is 10.6 Å². The van der Waals surface area contributed by atoms with E-state index in [0.29, 0.717) is 0 Å². The Morgan fingerprint density at radius 1 is 1.56 bits per heavy atom. The number of rotatable bonds is 4. The number of nitrogens with one attached hydrogen (secondary N) is 2.